The molecule has 4 N–H and O–H groups in total. The number of hydrogen-bond donors (Lipinski definition) is 4. The number of aromatic hydroxyl groups is 2. The van der Waals surface area contributed by atoms with Crippen molar-refractivity contribution in [3.63, 3.8) is 0 Å². The zero-order chi connectivity index (χ0) is 30.0. The second kappa shape index (κ2) is 14.6. The number of benzene rings is 2. The number of hydrogen-bond acceptors (Lipinski definition) is 12. The lowest BCUT2D eigenvalue weighted by atomic mass is 10.0. The first-order chi connectivity index (χ1) is 19.0. The molecule has 0 aliphatic carbocycles. The number of carbonyl (C=O) groups excluding carboxylic acids is 2. The molecule has 0 spiro atoms. The molecule has 2 rings (SSSR count). The molecule has 0 fully saturated rings. The first-order valence-electron chi connectivity index (χ1n) is 11.8. The van der Waals surface area contributed by atoms with Gasteiger partial charge in [0.2, 0.25) is 0 Å². The summed E-state index contributed by atoms with van der Waals surface area (Å²) in [5, 5.41) is 40.7. The van der Waals surface area contributed by atoms with Crippen LogP contribution in [0.2, 0.25) is 0 Å². The molecule has 0 radical (unpaired) electrons. The SMILES string of the molecule is COC(=O)CN(CCN(CC(=O)O)C(C(=O)OC)c1cc(OC)ccc1O)[C@H](C(=O)O)c1cc(OC)ccc1O. The highest BCUT2D eigenvalue weighted by atomic mass is 16.5. The van der Waals surface area contributed by atoms with Crippen LogP contribution >= 0.6 is 0 Å². The van der Waals surface area contributed by atoms with Crippen molar-refractivity contribution in [1.82, 2.24) is 9.80 Å². The third kappa shape index (κ3) is 7.97. The van der Waals surface area contributed by atoms with Crippen LogP contribution in [-0.2, 0) is 28.7 Å². The molecule has 40 heavy (non-hydrogen) atoms. The Morgan fingerprint density at radius 2 is 1.20 bits per heavy atom. The van der Waals surface area contributed by atoms with E-state index in [0.717, 1.165) is 24.0 Å². The van der Waals surface area contributed by atoms with E-state index in [0.29, 0.717) is 0 Å². The minimum Gasteiger partial charge on any atom is -0.508 e. The molecule has 218 valence electrons. The summed E-state index contributed by atoms with van der Waals surface area (Å²) in [5.41, 5.74) is -0.123. The Hall–Kier alpha value is -4.56. The second-order valence-electron chi connectivity index (χ2n) is 8.43. The molecule has 0 saturated heterocycles. The van der Waals surface area contributed by atoms with E-state index in [1.807, 2.05) is 0 Å². The van der Waals surface area contributed by atoms with E-state index in [-0.39, 0.29) is 47.2 Å². The standard InChI is InChI=1S/C26H32N2O12/c1-37-15-5-7-19(29)17(11-15)23(25(34)35)28(14-22(33)39-3)10-9-27(13-21(31)32)24(26(36)40-4)18-12-16(38-2)6-8-20(18)30/h5-8,11-12,23-24,29-30H,9-10,13-14H2,1-4H3,(H,31,32)(H,34,35)/t23-,24?/m0/s1. The third-order valence-corrected chi connectivity index (χ3v) is 6.02. The molecule has 2 aromatic carbocycles. The highest BCUT2D eigenvalue weighted by Gasteiger charge is 2.36. The molecule has 0 aromatic heterocycles. The van der Waals surface area contributed by atoms with Crippen LogP contribution in [0.1, 0.15) is 23.2 Å². The number of carboxylic acid groups (broad SMARTS) is 2. The molecule has 0 saturated carbocycles. The highest BCUT2D eigenvalue weighted by Crippen LogP contribution is 2.35. The summed E-state index contributed by atoms with van der Waals surface area (Å²) in [4.78, 5) is 51.7. The highest BCUT2D eigenvalue weighted by molar-refractivity contribution is 5.80. The van der Waals surface area contributed by atoms with Crippen LogP contribution in [0.25, 0.3) is 0 Å². The molecule has 14 heteroatoms. The fraction of sp³-hybridized carbons (Fsp3) is 0.385. The maximum Gasteiger partial charge on any atom is 0.327 e. The van der Waals surface area contributed by atoms with Gasteiger partial charge in [-0.2, -0.15) is 0 Å². The molecule has 0 aliphatic heterocycles. The van der Waals surface area contributed by atoms with Gasteiger partial charge in [-0.15, -0.1) is 0 Å². The normalized spacial score (nSPS) is 12.4. The number of methoxy groups -OCH3 is 4. The van der Waals surface area contributed by atoms with Gasteiger partial charge in [0.15, 0.2) is 0 Å². The van der Waals surface area contributed by atoms with Crippen LogP contribution in [0.3, 0.4) is 0 Å². The minimum absolute atomic E-state index is 0.0211. The van der Waals surface area contributed by atoms with Crippen LogP contribution < -0.4 is 9.47 Å². The summed E-state index contributed by atoms with van der Waals surface area (Å²) in [6.45, 7) is -1.93. The van der Waals surface area contributed by atoms with Crippen molar-refractivity contribution < 1.29 is 58.6 Å². The maximum absolute atomic E-state index is 12.9. The van der Waals surface area contributed by atoms with E-state index in [9.17, 15) is 39.6 Å². The number of nitrogens with zero attached hydrogens (tertiary/aromatic N) is 2. The zero-order valence-corrected chi connectivity index (χ0v) is 22.4. The summed E-state index contributed by atoms with van der Waals surface area (Å²) < 4.78 is 19.9. The summed E-state index contributed by atoms with van der Waals surface area (Å²) in [6, 6.07) is 4.91. The average Bonchev–Trinajstić information content (AvgIpc) is 2.92. The lowest BCUT2D eigenvalue weighted by Crippen LogP contribution is -2.46. The Labute approximate surface area is 229 Å². The van der Waals surface area contributed by atoms with Crippen molar-refractivity contribution in [2.75, 3.05) is 54.6 Å². The van der Waals surface area contributed by atoms with Gasteiger partial charge >= 0.3 is 23.9 Å². The molecule has 1 unspecified atom stereocenters. The summed E-state index contributed by atoms with van der Waals surface area (Å²) >= 11 is 0. The number of carboxylic acids is 2. The van der Waals surface area contributed by atoms with Gasteiger partial charge in [0, 0.05) is 24.2 Å². The largest absolute Gasteiger partial charge is 0.508 e. The van der Waals surface area contributed by atoms with Crippen LogP contribution in [0, 0.1) is 0 Å². The Morgan fingerprint density at radius 3 is 1.60 bits per heavy atom. The summed E-state index contributed by atoms with van der Waals surface area (Å²) in [7, 11) is 4.90. The Balaban J connectivity index is 2.58. The molecule has 2 aromatic rings. The minimum atomic E-state index is -1.61. The van der Waals surface area contributed by atoms with Crippen molar-refractivity contribution in [3.05, 3.63) is 47.5 Å². The topological polar surface area (TPSA) is 193 Å². The van der Waals surface area contributed by atoms with Crippen molar-refractivity contribution >= 4 is 23.9 Å². The van der Waals surface area contributed by atoms with Gasteiger partial charge in [-0.25, -0.2) is 4.79 Å². The van der Waals surface area contributed by atoms with Crippen LogP contribution in [-0.4, -0.2) is 109 Å². The van der Waals surface area contributed by atoms with Gasteiger partial charge in [-0.1, -0.05) is 0 Å². The molecule has 0 amide bonds. The van der Waals surface area contributed by atoms with Gasteiger partial charge in [0.05, 0.1) is 41.5 Å². The number of rotatable bonds is 15. The van der Waals surface area contributed by atoms with E-state index < -0.39 is 49.1 Å². The van der Waals surface area contributed by atoms with Crippen molar-refractivity contribution in [1.29, 1.82) is 0 Å². The predicted octanol–water partition coefficient (Wildman–Crippen LogP) is 1.02. The average molecular weight is 565 g/mol. The third-order valence-electron chi connectivity index (χ3n) is 6.02. The van der Waals surface area contributed by atoms with E-state index in [1.54, 1.807) is 0 Å². The van der Waals surface area contributed by atoms with Crippen molar-refractivity contribution in [3.8, 4) is 23.0 Å². The fourth-order valence-electron chi connectivity index (χ4n) is 4.09. The lowest BCUT2D eigenvalue weighted by molar-refractivity contribution is -0.153. The molecule has 0 aliphatic rings. The Bertz CT molecular complexity index is 1220. The lowest BCUT2D eigenvalue weighted by Gasteiger charge is -2.33. The van der Waals surface area contributed by atoms with E-state index >= 15 is 0 Å². The Kier molecular flexibility index (Phi) is 11.5. The van der Waals surface area contributed by atoms with Gasteiger partial charge in [-0.3, -0.25) is 24.2 Å². The summed E-state index contributed by atoms with van der Waals surface area (Å²) in [5.74, 6) is -4.73. The quantitative estimate of drug-likeness (QED) is 0.224. The van der Waals surface area contributed by atoms with Gasteiger partial charge in [0.25, 0.3) is 0 Å². The molecular formula is C26H32N2O12. The first-order valence-corrected chi connectivity index (χ1v) is 11.8. The number of carbonyl (C=O) groups is 4. The molecular weight excluding hydrogens is 532 g/mol. The predicted molar refractivity (Wildman–Crippen MR) is 137 cm³/mol. The summed E-state index contributed by atoms with van der Waals surface area (Å²) in [6.07, 6.45) is 0. The first kappa shape index (κ1) is 31.7. The van der Waals surface area contributed by atoms with Crippen LogP contribution in [0.4, 0.5) is 0 Å². The Morgan fingerprint density at radius 1 is 0.725 bits per heavy atom. The van der Waals surface area contributed by atoms with E-state index in [2.05, 4.69) is 0 Å². The van der Waals surface area contributed by atoms with E-state index in [1.165, 1.54) is 50.6 Å². The second-order valence-corrected chi connectivity index (χ2v) is 8.43. The molecule has 2 atom stereocenters. The van der Waals surface area contributed by atoms with Gasteiger partial charge in [-0.05, 0) is 36.4 Å². The number of ether oxygens (including phenoxy) is 4. The van der Waals surface area contributed by atoms with E-state index in [4.69, 9.17) is 18.9 Å². The smallest absolute Gasteiger partial charge is 0.327 e. The monoisotopic (exact) mass is 564 g/mol. The number of phenols is 2. The van der Waals surface area contributed by atoms with Crippen LogP contribution in [0.5, 0.6) is 23.0 Å². The zero-order valence-electron chi connectivity index (χ0n) is 22.4. The number of aliphatic carboxylic acids is 2. The fourth-order valence-corrected chi connectivity index (χ4v) is 4.09. The molecule has 0 heterocycles. The van der Waals surface area contributed by atoms with Crippen LogP contribution in [0.15, 0.2) is 36.4 Å². The van der Waals surface area contributed by atoms with Crippen molar-refractivity contribution in [2.24, 2.45) is 0 Å². The van der Waals surface area contributed by atoms with Crippen molar-refractivity contribution in [2.45, 2.75) is 12.1 Å². The van der Waals surface area contributed by atoms with Gasteiger partial charge in [0.1, 0.15) is 35.1 Å². The number of esters is 2. The maximum atomic E-state index is 12.9. The molecule has 14 nitrogen and oxygen atoms in total. The molecule has 0 bridgehead atoms. The number of phenolic OH excluding ortho intramolecular Hbond substituents is 2. The van der Waals surface area contributed by atoms with Gasteiger partial charge < -0.3 is 39.4 Å².